The number of nitrogens with two attached hydrogens (primary N) is 1. The van der Waals surface area contributed by atoms with Gasteiger partial charge in [0.15, 0.2) is 0 Å². The van der Waals surface area contributed by atoms with E-state index in [-0.39, 0.29) is 11.8 Å². The lowest BCUT2D eigenvalue weighted by Gasteiger charge is -2.12. The summed E-state index contributed by atoms with van der Waals surface area (Å²) in [5, 5.41) is 11.7. The summed E-state index contributed by atoms with van der Waals surface area (Å²) < 4.78 is 0. The maximum absolute atomic E-state index is 11.8. The third-order valence-corrected chi connectivity index (χ3v) is 2.59. The van der Waals surface area contributed by atoms with E-state index in [9.17, 15) is 4.79 Å². The van der Waals surface area contributed by atoms with Crippen LogP contribution in [0.3, 0.4) is 0 Å². The van der Waals surface area contributed by atoms with Gasteiger partial charge in [-0.05, 0) is 24.6 Å². The Kier molecular flexibility index (Phi) is 4.53. The van der Waals surface area contributed by atoms with E-state index in [0.717, 1.165) is 12.8 Å². The molecule has 0 spiro atoms. The molecule has 1 aromatic carbocycles. The van der Waals surface area contributed by atoms with E-state index < -0.39 is 0 Å². The quantitative estimate of drug-likeness (QED) is 0.781. The molecule has 1 rings (SSSR count). The van der Waals surface area contributed by atoms with Crippen molar-refractivity contribution in [1.82, 2.24) is 0 Å². The molecular formula is C13H17N3O. The van der Waals surface area contributed by atoms with Crippen molar-refractivity contribution in [1.29, 1.82) is 5.26 Å². The molecule has 0 bridgehead atoms. The zero-order valence-electron chi connectivity index (χ0n) is 10.2. The Labute approximate surface area is 101 Å². The Balaban J connectivity index is 2.82. The monoisotopic (exact) mass is 231 g/mol. The summed E-state index contributed by atoms with van der Waals surface area (Å²) in [6, 6.07) is 6.90. The molecule has 4 nitrogen and oxygen atoms in total. The molecular weight excluding hydrogens is 214 g/mol. The first-order valence-electron chi connectivity index (χ1n) is 5.69. The predicted molar refractivity (Wildman–Crippen MR) is 68.3 cm³/mol. The molecule has 0 saturated carbocycles. The number of carbonyl (C=O) groups excluding carboxylic acids is 1. The van der Waals surface area contributed by atoms with Crippen LogP contribution < -0.4 is 11.1 Å². The molecule has 90 valence electrons. The van der Waals surface area contributed by atoms with Crippen LogP contribution in [0.25, 0.3) is 0 Å². The van der Waals surface area contributed by atoms with Crippen LogP contribution in [0.1, 0.15) is 32.3 Å². The Morgan fingerprint density at radius 3 is 2.88 bits per heavy atom. The van der Waals surface area contributed by atoms with Gasteiger partial charge >= 0.3 is 0 Å². The van der Waals surface area contributed by atoms with Crippen LogP contribution in [0, 0.1) is 17.2 Å². The summed E-state index contributed by atoms with van der Waals surface area (Å²) in [7, 11) is 0. The highest BCUT2D eigenvalue weighted by Gasteiger charge is 2.13. The zero-order valence-corrected chi connectivity index (χ0v) is 10.2. The molecule has 1 aromatic rings. The third-order valence-electron chi connectivity index (χ3n) is 2.59. The normalized spacial score (nSPS) is 11.6. The summed E-state index contributed by atoms with van der Waals surface area (Å²) in [5.41, 5.74) is 7.01. The van der Waals surface area contributed by atoms with E-state index in [1.54, 1.807) is 18.2 Å². The maximum atomic E-state index is 11.8. The Hall–Kier alpha value is -2.02. The number of nitrogens with zero attached hydrogens (tertiary/aromatic N) is 1. The molecule has 3 N–H and O–H groups in total. The second-order valence-corrected chi connectivity index (χ2v) is 4.10. The molecule has 0 aliphatic rings. The van der Waals surface area contributed by atoms with Crippen molar-refractivity contribution in [3.05, 3.63) is 23.8 Å². The second kappa shape index (κ2) is 5.90. The number of nitrogen functional groups attached to an aromatic ring is 1. The first kappa shape index (κ1) is 13.0. The number of amides is 1. The number of hydrogen-bond acceptors (Lipinski definition) is 3. The molecule has 0 heterocycles. The van der Waals surface area contributed by atoms with Gasteiger partial charge < -0.3 is 11.1 Å². The maximum Gasteiger partial charge on any atom is 0.227 e. The number of hydrogen-bond donors (Lipinski definition) is 2. The van der Waals surface area contributed by atoms with Crippen molar-refractivity contribution in [2.75, 3.05) is 11.1 Å². The summed E-state index contributed by atoms with van der Waals surface area (Å²) in [5.74, 6) is -0.114. The van der Waals surface area contributed by atoms with Crippen LogP contribution in [0.5, 0.6) is 0 Å². The third kappa shape index (κ3) is 3.49. The first-order valence-corrected chi connectivity index (χ1v) is 5.69. The van der Waals surface area contributed by atoms with Crippen LogP contribution in [0.15, 0.2) is 18.2 Å². The van der Waals surface area contributed by atoms with Gasteiger partial charge in [0.05, 0.1) is 11.3 Å². The highest BCUT2D eigenvalue weighted by atomic mass is 16.1. The fraction of sp³-hybridized carbons (Fsp3) is 0.385. The Bertz CT molecular complexity index is 448. The molecule has 17 heavy (non-hydrogen) atoms. The predicted octanol–water partition coefficient (Wildman–Crippen LogP) is 2.52. The summed E-state index contributed by atoms with van der Waals surface area (Å²) >= 11 is 0. The first-order chi connectivity index (χ1) is 8.08. The molecule has 0 saturated heterocycles. The Morgan fingerprint density at radius 2 is 2.29 bits per heavy atom. The molecule has 0 aromatic heterocycles. The van der Waals surface area contributed by atoms with Gasteiger partial charge in [-0.1, -0.05) is 20.3 Å². The fourth-order valence-corrected chi connectivity index (χ4v) is 1.58. The molecule has 4 heteroatoms. The summed E-state index contributed by atoms with van der Waals surface area (Å²) in [4.78, 5) is 11.8. The van der Waals surface area contributed by atoms with Crippen LogP contribution in [0.4, 0.5) is 11.4 Å². The van der Waals surface area contributed by atoms with Gasteiger partial charge in [0.2, 0.25) is 5.91 Å². The van der Waals surface area contributed by atoms with Gasteiger partial charge in [-0.2, -0.15) is 5.26 Å². The number of nitriles is 1. The summed E-state index contributed by atoms with van der Waals surface area (Å²) in [6.45, 7) is 3.91. The van der Waals surface area contributed by atoms with Gasteiger partial charge in [-0.15, -0.1) is 0 Å². The fourth-order valence-electron chi connectivity index (χ4n) is 1.58. The molecule has 0 aliphatic carbocycles. The number of rotatable bonds is 4. The van der Waals surface area contributed by atoms with Gasteiger partial charge in [-0.25, -0.2) is 0 Å². The minimum Gasteiger partial charge on any atom is -0.399 e. The minimum atomic E-state index is -0.0619. The molecule has 0 radical (unpaired) electrons. The van der Waals surface area contributed by atoms with Gasteiger partial charge in [0, 0.05) is 11.6 Å². The van der Waals surface area contributed by atoms with E-state index in [4.69, 9.17) is 11.0 Å². The van der Waals surface area contributed by atoms with Crippen molar-refractivity contribution in [2.24, 2.45) is 5.92 Å². The van der Waals surface area contributed by atoms with Gasteiger partial charge in [-0.3, -0.25) is 4.79 Å². The minimum absolute atomic E-state index is 0.0518. The average Bonchev–Trinajstić information content (AvgIpc) is 2.31. The van der Waals surface area contributed by atoms with E-state index in [1.165, 1.54) is 0 Å². The standard InChI is InChI=1S/C13H17N3O/c1-3-4-9(2)13(17)16-12-6-5-11(15)7-10(12)8-14/h5-7,9H,3-4,15H2,1-2H3,(H,16,17). The lowest BCUT2D eigenvalue weighted by atomic mass is 10.0. The SMILES string of the molecule is CCCC(C)C(=O)Nc1ccc(N)cc1C#N. The largest absolute Gasteiger partial charge is 0.399 e. The van der Waals surface area contributed by atoms with E-state index >= 15 is 0 Å². The average molecular weight is 231 g/mol. The lowest BCUT2D eigenvalue weighted by Crippen LogP contribution is -2.20. The number of anilines is 2. The number of carbonyl (C=O) groups is 1. The van der Waals surface area contributed by atoms with Crippen LogP contribution >= 0.6 is 0 Å². The number of benzene rings is 1. The van der Waals surface area contributed by atoms with Gasteiger partial charge in [0.1, 0.15) is 6.07 Å². The smallest absolute Gasteiger partial charge is 0.227 e. The van der Waals surface area contributed by atoms with Crippen LogP contribution in [-0.2, 0) is 4.79 Å². The molecule has 1 amide bonds. The molecule has 0 fully saturated rings. The van der Waals surface area contributed by atoms with Crippen molar-refractivity contribution in [2.45, 2.75) is 26.7 Å². The number of nitrogens with one attached hydrogen (secondary N) is 1. The molecule has 1 atom stereocenters. The van der Waals surface area contributed by atoms with E-state index in [0.29, 0.717) is 16.9 Å². The van der Waals surface area contributed by atoms with E-state index in [2.05, 4.69) is 5.32 Å². The van der Waals surface area contributed by atoms with Crippen LogP contribution in [-0.4, -0.2) is 5.91 Å². The second-order valence-electron chi connectivity index (χ2n) is 4.10. The summed E-state index contributed by atoms with van der Waals surface area (Å²) in [6.07, 6.45) is 1.80. The van der Waals surface area contributed by atoms with Crippen LogP contribution in [0.2, 0.25) is 0 Å². The van der Waals surface area contributed by atoms with Crippen molar-refractivity contribution < 1.29 is 4.79 Å². The van der Waals surface area contributed by atoms with Crippen molar-refractivity contribution in [3.63, 3.8) is 0 Å². The van der Waals surface area contributed by atoms with Gasteiger partial charge in [0.25, 0.3) is 0 Å². The van der Waals surface area contributed by atoms with Crippen molar-refractivity contribution in [3.8, 4) is 6.07 Å². The van der Waals surface area contributed by atoms with E-state index in [1.807, 2.05) is 19.9 Å². The molecule has 0 aliphatic heterocycles. The lowest BCUT2D eigenvalue weighted by molar-refractivity contribution is -0.119. The topological polar surface area (TPSA) is 78.9 Å². The highest BCUT2D eigenvalue weighted by molar-refractivity contribution is 5.93. The Morgan fingerprint density at radius 1 is 1.59 bits per heavy atom. The highest BCUT2D eigenvalue weighted by Crippen LogP contribution is 2.19. The molecule has 1 unspecified atom stereocenters. The van der Waals surface area contributed by atoms with Crippen molar-refractivity contribution >= 4 is 17.3 Å². The zero-order chi connectivity index (χ0) is 12.8.